The van der Waals surface area contributed by atoms with Crippen LogP contribution in [0.3, 0.4) is 0 Å². The molecule has 2 saturated heterocycles. The average molecular weight is 281 g/mol. The molecule has 0 radical (unpaired) electrons. The summed E-state index contributed by atoms with van der Waals surface area (Å²) in [4.78, 5) is 26.1. The Morgan fingerprint density at radius 2 is 2.00 bits per heavy atom. The first-order valence-corrected chi connectivity index (χ1v) is 7.85. The lowest BCUT2D eigenvalue weighted by Crippen LogP contribution is -2.45. The predicted molar refractivity (Wildman–Crippen MR) is 78.2 cm³/mol. The molecule has 5 nitrogen and oxygen atoms in total. The second kappa shape index (κ2) is 7.07. The average Bonchev–Trinajstić information content (AvgIpc) is 2.96. The lowest BCUT2D eigenvalue weighted by molar-refractivity contribution is -0.139. The number of hydrogen-bond donors (Lipinski definition) is 2. The number of carbonyl (C=O) groups excluding carboxylic acids is 2. The molecule has 2 heterocycles. The largest absolute Gasteiger partial charge is 0.357 e. The predicted octanol–water partition coefficient (Wildman–Crippen LogP) is 0.749. The van der Waals surface area contributed by atoms with E-state index in [0.29, 0.717) is 18.3 Å². The third-order valence-corrected chi connectivity index (χ3v) is 4.81. The number of nitrogens with zero attached hydrogens (tertiary/aromatic N) is 1. The van der Waals surface area contributed by atoms with Crippen molar-refractivity contribution in [3.8, 4) is 0 Å². The summed E-state index contributed by atoms with van der Waals surface area (Å²) in [5.41, 5.74) is 0. The summed E-state index contributed by atoms with van der Waals surface area (Å²) in [6.45, 7) is 5.04. The van der Waals surface area contributed by atoms with Crippen molar-refractivity contribution in [3.63, 3.8) is 0 Å². The Labute approximate surface area is 121 Å². The fourth-order valence-corrected chi connectivity index (χ4v) is 3.48. The second-order valence-corrected chi connectivity index (χ2v) is 6.13. The van der Waals surface area contributed by atoms with Crippen LogP contribution in [0.15, 0.2) is 0 Å². The molecule has 2 aliphatic heterocycles. The summed E-state index contributed by atoms with van der Waals surface area (Å²) >= 11 is 0. The molecule has 2 aliphatic rings. The molecule has 2 fully saturated rings. The van der Waals surface area contributed by atoms with Gasteiger partial charge in [-0.1, -0.05) is 6.92 Å². The molecule has 2 N–H and O–H groups in total. The van der Waals surface area contributed by atoms with Crippen LogP contribution >= 0.6 is 0 Å². The first kappa shape index (κ1) is 15.3. The third kappa shape index (κ3) is 3.51. The van der Waals surface area contributed by atoms with Crippen molar-refractivity contribution in [1.82, 2.24) is 15.5 Å². The molecule has 0 bridgehead atoms. The standard InChI is InChI=1S/C15H27N3O2/c1-11(12-5-7-17-8-6-12)10-14(19)18-9-3-4-13(18)15(20)16-2/h11-13,17H,3-10H2,1-2H3,(H,16,20). The lowest BCUT2D eigenvalue weighted by Gasteiger charge is -2.30. The minimum Gasteiger partial charge on any atom is -0.357 e. The van der Waals surface area contributed by atoms with Gasteiger partial charge in [-0.3, -0.25) is 9.59 Å². The first-order chi connectivity index (χ1) is 9.63. The molecule has 0 aromatic heterocycles. The van der Waals surface area contributed by atoms with E-state index in [-0.39, 0.29) is 17.9 Å². The molecular weight excluding hydrogens is 254 g/mol. The fraction of sp³-hybridized carbons (Fsp3) is 0.867. The van der Waals surface area contributed by atoms with Gasteiger partial charge in [-0.05, 0) is 50.6 Å². The Bertz CT molecular complexity index is 353. The third-order valence-electron chi connectivity index (χ3n) is 4.81. The Morgan fingerprint density at radius 3 is 2.65 bits per heavy atom. The molecule has 5 heteroatoms. The molecular formula is C15H27N3O2. The second-order valence-electron chi connectivity index (χ2n) is 6.13. The highest BCUT2D eigenvalue weighted by atomic mass is 16.2. The van der Waals surface area contributed by atoms with Crippen LogP contribution in [-0.2, 0) is 9.59 Å². The topological polar surface area (TPSA) is 61.4 Å². The van der Waals surface area contributed by atoms with Crippen LogP contribution in [0.2, 0.25) is 0 Å². The summed E-state index contributed by atoms with van der Waals surface area (Å²) in [6, 6.07) is -0.243. The van der Waals surface area contributed by atoms with E-state index >= 15 is 0 Å². The Hall–Kier alpha value is -1.10. The van der Waals surface area contributed by atoms with Crippen LogP contribution in [0.1, 0.15) is 39.0 Å². The number of hydrogen-bond acceptors (Lipinski definition) is 3. The molecule has 20 heavy (non-hydrogen) atoms. The molecule has 0 aromatic carbocycles. The number of likely N-dealkylation sites (N-methyl/N-ethyl adjacent to an activating group) is 1. The van der Waals surface area contributed by atoms with Crippen molar-refractivity contribution < 1.29 is 9.59 Å². The maximum Gasteiger partial charge on any atom is 0.242 e. The van der Waals surface area contributed by atoms with Gasteiger partial charge in [-0.25, -0.2) is 0 Å². The SMILES string of the molecule is CNC(=O)C1CCCN1C(=O)CC(C)C1CCNCC1. The van der Waals surface area contributed by atoms with Gasteiger partial charge in [0.1, 0.15) is 6.04 Å². The first-order valence-electron chi connectivity index (χ1n) is 7.85. The van der Waals surface area contributed by atoms with Crippen LogP contribution in [0.25, 0.3) is 0 Å². The summed E-state index contributed by atoms with van der Waals surface area (Å²) in [7, 11) is 1.64. The van der Waals surface area contributed by atoms with Gasteiger partial charge in [0.2, 0.25) is 11.8 Å². The Balaban J connectivity index is 1.88. The zero-order chi connectivity index (χ0) is 14.5. The van der Waals surface area contributed by atoms with Crippen LogP contribution in [-0.4, -0.2) is 49.4 Å². The number of nitrogens with one attached hydrogen (secondary N) is 2. The van der Waals surface area contributed by atoms with Crippen LogP contribution in [0.5, 0.6) is 0 Å². The minimum absolute atomic E-state index is 0.0228. The molecule has 2 unspecified atom stereocenters. The molecule has 0 saturated carbocycles. The zero-order valence-corrected chi connectivity index (χ0v) is 12.7. The number of carbonyl (C=O) groups is 2. The van der Waals surface area contributed by atoms with E-state index in [9.17, 15) is 9.59 Å². The molecule has 114 valence electrons. The monoisotopic (exact) mass is 281 g/mol. The maximum absolute atomic E-state index is 12.5. The number of amides is 2. The Morgan fingerprint density at radius 1 is 1.30 bits per heavy atom. The van der Waals surface area contributed by atoms with Crippen LogP contribution < -0.4 is 10.6 Å². The van der Waals surface area contributed by atoms with Crippen LogP contribution in [0, 0.1) is 11.8 Å². The number of rotatable bonds is 4. The van der Waals surface area contributed by atoms with Crippen molar-refractivity contribution in [3.05, 3.63) is 0 Å². The Kier molecular flexibility index (Phi) is 5.40. The van der Waals surface area contributed by atoms with E-state index in [4.69, 9.17) is 0 Å². The van der Waals surface area contributed by atoms with Crippen molar-refractivity contribution in [2.24, 2.45) is 11.8 Å². The van der Waals surface area contributed by atoms with E-state index in [1.54, 1.807) is 11.9 Å². The van der Waals surface area contributed by atoms with Gasteiger partial charge in [0, 0.05) is 20.0 Å². The molecule has 0 spiro atoms. The maximum atomic E-state index is 12.5. The molecule has 0 aliphatic carbocycles. The molecule has 2 atom stereocenters. The van der Waals surface area contributed by atoms with Crippen molar-refractivity contribution >= 4 is 11.8 Å². The van der Waals surface area contributed by atoms with Gasteiger partial charge in [0.15, 0.2) is 0 Å². The fourth-order valence-electron chi connectivity index (χ4n) is 3.48. The van der Waals surface area contributed by atoms with E-state index in [1.165, 1.54) is 0 Å². The normalized spacial score (nSPS) is 25.5. The molecule has 2 amide bonds. The van der Waals surface area contributed by atoms with Gasteiger partial charge < -0.3 is 15.5 Å². The van der Waals surface area contributed by atoms with Gasteiger partial charge >= 0.3 is 0 Å². The van der Waals surface area contributed by atoms with Crippen LogP contribution in [0.4, 0.5) is 0 Å². The lowest BCUT2D eigenvalue weighted by atomic mass is 9.84. The van der Waals surface area contributed by atoms with Crippen molar-refractivity contribution in [1.29, 1.82) is 0 Å². The smallest absolute Gasteiger partial charge is 0.242 e. The van der Waals surface area contributed by atoms with Crippen molar-refractivity contribution in [2.45, 2.75) is 45.1 Å². The highest BCUT2D eigenvalue weighted by Crippen LogP contribution is 2.27. The van der Waals surface area contributed by atoms with E-state index in [2.05, 4.69) is 17.6 Å². The van der Waals surface area contributed by atoms with Gasteiger partial charge in [0.05, 0.1) is 0 Å². The quantitative estimate of drug-likeness (QED) is 0.799. The summed E-state index contributed by atoms with van der Waals surface area (Å²) < 4.78 is 0. The van der Waals surface area contributed by atoms with Crippen molar-refractivity contribution in [2.75, 3.05) is 26.7 Å². The highest BCUT2D eigenvalue weighted by Gasteiger charge is 2.34. The van der Waals surface area contributed by atoms with Gasteiger partial charge in [-0.15, -0.1) is 0 Å². The van der Waals surface area contributed by atoms with Gasteiger partial charge in [0.25, 0.3) is 0 Å². The van der Waals surface area contributed by atoms with E-state index in [1.807, 2.05) is 0 Å². The zero-order valence-electron chi connectivity index (χ0n) is 12.7. The summed E-state index contributed by atoms with van der Waals surface area (Å²) in [5, 5.41) is 6.03. The van der Waals surface area contributed by atoms with E-state index in [0.717, 1.165) is 45.3 Å². The van der Waals surface area contributed by atoms with Gasteiger partial charge in [-0.2, -0.15) is 0 Å². The number of piperidine rings is 1. The molecule has 0 aromatic rings. The molecule has 2 rings (SSSR count). The van der Waals surface area contributed by atoms with E-state index < -0.39 is 0 Å². The summed E-state index contributed by atoms with van der Waals surface area (Å²) in [5.74, 6) is 1.18. The highest BCUT2D eigenvalue weighted by molar-refractivity contribution is 5.88. The number of likely N-dealkylation sites (tertiary alicyclic amines) is 1. The summed E-state index contributed by atoms with van der Waals surface area (Å²) in [6.07, 6.45) is 4.64. The minimum atomic E-state index is -0.243.